The molecule has 1 atom stereocenters. The quantitative estimate of drug-likeness (QED) is 0.403. The van der Waals surface area contributed by atoms with Crippen molar-refractivity contribution in [3.05, 3.63) is 125 Å². The summed E-state index contributed by atoms with van der Waals surface area (Å²) in [6.45, 7) is 2.17. The number of carbonyl (C=O) groups is 1. The van der Waals surface area contributed by atoms with Gasteiger partial charge in [-0.25, -0.2) is 0 Å². The van der Waals surface area contributed by atoms with E-state index in [0.717, 1.165) is 19.5 Å². The number of nitrogens with zero attached hydrogens (tertiary/aromatic N) is 1. The molecule has 34 heavy (non-hydrogen) atoms. The number of carbonyl (C=O) groups excluding carboxylic acids is 1. The zero-order valence-corrected chi connectivity index (χ0v) is 19.0. The second-order valence-corrected chi connectivity index (χ2v) is 8.52. The number of fused-ring (bicyclic) bond motifs is 1. The Kier molecular flexibility index (Phi) is 6.73. The number of furan rings is 1. The van der Waals surface area contributed by atoms with Crippen LogP contribution >= 0.6 is 0 Å². The normalized spacial score (nSPS) is 15.5. The molecular formula is C29H28N2O3. The van der Waals surface area contributed by atoms with E-state index in [1.54, 1.807) is 12.3 Å². The molecule has 0 fully saturated rings. The molecule has 0 radical (unpaired) electrons. The van der Waals surface area contributed by atoms with Crippen LogP contribution in [0.3, 0.4) is 0 Å². The third-order valence-electron chi connectivity index (χ3n) is 6.20. The number of rotatable bonds is 8. The maximum atomic E-state index is 12.3. The second kappa shape index (κ2) is 10.4. The Morgan fingerprint density at radius 1 is 0.971 bits per heavy atom. The highest BCUT2D eigenvalue weighted by molar-refractivity contribution is 5.77. The Morgan fingerprint density at radius 3 is 2.53 bits per heavy atom. The summed E-state index contributed by atoms with van der Waals surface area (Å²) >= 11 is 0. The molecule has 0 bridgehead atoms. The number of ether oxygens (including phenoxy) is 1. The van der Waals surface area contributed by atoms with Crippen molar-refractivity contribution in [2.75, 3.05) is 13.2 Å². The van der Waals surface area contributed by atoms with Crippen LogP contribution in [0.4, 0.5) is 0 Å². The Labute approximate surface area is 200 Å². The minimum Gasteiger partial charge on any atom is -0.484 e. The Bertz CT molecular complexity index is 1210. The van der Waals surface area contributed by atoms with E-state index in [4.69, 9.17) is 9.15 Å². The molecule has 0 spiro atoms. The third-order valence-corrected chi connectivity index (χ3v) is 6.20. The van der Waals surface area contributed by atoms with Gasteiger partial charge in [0.25, 0.3) is 5.91 Å². The number of hydrogen-bond acceptors (Lipinski definition) is 4. The van der Waals surface area contributed by atoms with Gasteiger partial charge in [-0.3, -0.25) is 9.69 Å². The number of nitrogens with one attached hydrogen (secondary N) is 1. The van der Waals surface area contributed by atoms with Gasteiger partial charge in [0.05, 0.1) is 18.8 Å². The van der Waals surface area contributed by atoms with Crippen molar-refractivity contribution in [1.82, 2.24) is 10.2 Å². The van der Waals surface area contributed by atoms with Crippen LogP contribution in [0.2, 0.25) is 0 Å². The minimum absolute atomic E-state index is 0.0385. The maximum absolute atomic E-state index is 12.3. The summed E-state index contributed by atoms with van der Waals surface area (Å²) in [7, 11) is 0. The summed E-state index contributed by atoms with van der Waals surface area (Å²) in [4.78, 5) is 14.8. The van der Waals surface area contributed by atoms with Crippen molar-refractivity contribution in [2.24, 2.45) is 0 Å². The van der Waals surface area contributed by atoms with Crippen LogP contribution in [0.15, 0.2) is 102 Å². The molecule has 3 aromatic carbocycles. The van der Waals surface area contributed by atoms with Crippen molar-refractivity contribution in [2.45, 2.75) is 25.6 Å². The maximum Gasteiger partial charge on any atom is 0.258 e. The molecule has 1 aromatic heterocycles. The molecule has 5 nitrogen and oxygen atoms in total. The van der Waals surface area contributed by atoms with E-state index < -0.39 is 0 Å². The third kappa shape index (κ3) is 5.21. The van der Waals surface area contributed by atoms with E-state index >= 15 is 0 Å². The van der Waals surface area contributed by atoms with Crippen LogP contribution in [0.5, 0.6) is 5.75 Å². The number of amides is 1. The molecule has 1 unspecified atom stereocenters. The Hall–Kier alpha value is -3.83. The van der Waals surface area contributed by atoms with Gasteiger partial charge in [0.2, 0.25) is 0 Å². The molecule has 172 valence electrons. The zero-order valence-electron chi connectivity index (χ0n) is 19.0. The Balaban J connectivity index is 1.34. The van der Waals surface area contributed by atoms with E-state index in [0.29, 0.717) is 18.1 Å². The SMILES string of the molecule is O=C(COc1ccc2c(c1)C(c1ccccc1)N(Cc1ccccc1)CC2)NCc1ccco1. The lowest BCUT2D eigenvalue weighted by Crippen LogP contribution is -2.35. The number of benzene rings is 3. The highest BCUT2D eigenvalue weighted by Gasteiger charge is 2.29. The molecule has 0 saturated carbocycles. The van der Waals surface area contributed by atoms with Gasteiger partial charge in [0, 0.05) is 13.1 Å². The fourth-order valence-corrected chi connectivity index (χ4v) is 4.55. The second-order valence-electron chi connectivity index (χ2n) is 8.52. The molecule has 4 aromatic rings. The summed E-state index contributed by atoms with van der Waals surface area (Å²) in [5.41, 5.74) is 5.12. The van der Waals surface area contributed by atoms with Crippen molar-refractivity contribution in [3.8, 4) is 5.75 Å². The molecule has 5 heteroatoms. The molecule has 0 aliphatic carbocycles. The van der Waals surface area contributed by atoms with Crippen LogP contribution in [0.1, 0.15) is 34.1 Å². The van der Waals surface area contributed by atoms with Crippen molar-refractivity contribution < 1.29 is 13.9 Å². The fraction of sp³-hybridized carbons (Fsp3) is 0.207. The first-order valence-corrected chi connectivity index (χ1v) is 11.6. The van der Waals surface area contributed by atoms with Crippen LogP contribution in [-0.2, 0) is 24.3 Å². The molecule has 5 rings (SSSR count). The van der Waals surface area contributed by atoms with Gasteiger partial charge in [0.15, 0.2) is 6.61 Å². The van der Waals surface area contributed by atoms with Crippen molar-refractivity contribution >= 4 is 5.91 Å². The van der Waals surface area contributed by atoms with Gasteiger partial charge < -0.3 is 14.5 Å². The van der Waals surface area contributed by atoms with Crippen molar-refractivity contribution in [3.63, 3.8) is 0 Å². The zero-order chi connectivity index (χ0) is 23.2. The fourth-order valence-electron chi connectivity index (χ4n) is 4.55. The van der Waals surface area contributed by atoms with E-state index in [-0.39, 0.29) is 18.6 Å². The molecule has 1 amide bonds. The van der Waals surface area contributed by atoms with Gasteiger partial charge in [-0.05, 0) is 52.9 Å². The summed E-state index contributed by atoms with van der Waals surface area (Å²) in [5, 5.41) is 2.82. The standard InChI is InChI=1S/C29H28N2O3/c32-28(30-19-26-12-7-17-33-26)21-34-25-14-13-23-15-16-31(20-22-8-3-1-4-9-22)29(27(23)18-25)24-10-5-2-6-11-24/h1-14,17-18,29H,15-16,19-21H2,(H,30,32). The van der Waals surface area contributed by atoms with Gasteiger partial charge >= 0.3 is 0 Å². The van der Waals surface area contributed by atoms with Gasteiger partial charge in [-0.1, -0.05) is 66.7 Å². The summed E-state index contributed by atoms with van der Waals surface area (Å²) in [6, 6.07) is 31.2. The molecule has 2 heterocycles. The van der Waals surface area contributed by atoms with Crippen LogP contribution in [0.25, 0.3) is 0 Å². The summed E-state index contributed by atoms with van der Waals surface area (Å²) in [6.07, 6.45) is 2.57. The lowest BCUT2D eigenvalue weighted by molar-refractivity contribution is -0.123. The highest BCUT2D eigenvalue weighted by Crippen LogP contribution is 2.37. The first-order valence-electron chi connectivity index (χ1n) is 11.6. The predicted molar refractivity (Wildman–Crippen MR) is 131 cm³/mol. The number of hydrogen-bond donors (Lipinski definition) is 1. The molecule has 1 N–H and O–H groups in total. The van der Waals surface area contributed by atoms with E-state index in [2.05, 4.69) is 83.0 Å². The topological polar surface area (TPSA) is 54.7 Å². The van der Waals surface area contributed by atoms with E-state index in [1.165, 1.54) is 22.3 Å². The molecular weight excluding hydrogens is 424 g/mol. The first kappa shape index (κ1) is 22.0. The smallest absolute Gasteiger partial charge is 0.258 e. The lowest BCUT2D eigenvalue weighted by Gasteiger charge is -2.38. The van der Waals surface area contributed by atoms with E-state index in [1.807, 2.05) is 12.1 Å². The van der Waals surface area contributed by atoms with Crippen LogP contribution in [-0.4, -0.2) is 24.0 Å². The monoisotopic (exact) mass is 452 g/mol. The largest absolute Gasteiger partial charge is 0.484 e. The lowest BCUT2D eigenvalue weighted by atomic mass is 9.87. The predicted octanol–water partition coefficient (Wildman–Crippen LogP) is 5.12. The van der Waals surface area contributed by atoms with E-state index in [9.17, 15) is 4.79 Å². The summed E-state index contributed by atoms with van der Waals surface area (Å²) in [5.74, 6) is 1.24. The van der Waals surface area contributed by atoms with Gasteiger partial charge in [0.1, 0.15) is 11.5 Å². The molecule has 1 aliphatic rings. The first-order chi connectivity index (χ1) is 16.8. The van der Waals surface area contributed by atoms with Gasteiger partial charge in [-0.15, -0.1) is 0 Å². The molecule has 0 saturated heterocycles. The average Bonchev–Trinajstić information content (AvgIpc) is 3.41. The van der Waals surface area contributed by atoms with Gasteiger partial charge in [-0.2, -0.15) is 0 Å². The summed E-state index contributed by atoms with van der Waals surface area (Å²) < 4.78 is 11.1. The molecule has 1 aliphatic heterocycles. The minimum atomic E-state index is -0.181. The highest BCUT2D eigenvalue weighted by atomic mass is 16.5. The Morgan fingerprint density at radius 2 is 1.76 bits per heavy atom. The van der Waals surface area contributed by atoms with Crippen molar-refractivity contribution in [1.29, 1.82) is 0 Å². The van der Waals surface area contributed by atoms with Crippen LogP contribution in [0, 0.1) is 0 Å². The average molecular weight is 453 g/mol. The van der Waals surface area contributed by atoms with Crippen LogP contribution < -0.4 is 10.1 Å².